The lowest BCUT2D eigenvalue weighted by Crippen LogP contribution is -2.56. The third-order valence-corrected chi connectivity index (χ3v) is 5.46. The maximum atomic E-state index is 13.6. The van der Waals surface area contributed by atoms with Crippen molar-refractivity contribution in [2.24, 2.45) is 5.92 Å². The molecule has 2 fully saturated rings. The minimum absolute atomic E-state index is 0.0465. The minimum Gasteiger partial charge on any atom is -0.370 e. The second-order valence-corrected chi connectivity index (χ2v) is 7.25. The SMILES string of the molecule is CC1CCC2(CC1)COC(c1cc(F)c(Cl)cc1Cl)CN2. The topological polar surface area (TPSA) is 21.3 Å². The third kappa shape index (κ3) is 3.21. The molecular weight excluding hydrogens is 312 g/mol. The fraction of sp³-hybridized carbons (Fsp3) is 0.625. The molecule has 1 saturated carbocycles. The molecule has 0 radical (unpaired) electrons. The Hall–Kier alpha value is -0.350. The smallest absolute Gasteiger partial charge is 0.142 e. The van der Waals surface area contributed by atoms with Crippen LogP contribution in [0, 0.1) is 11.7 Å². The zero-order valence-corrected chi connectivity index (χ0v) is 13.6. The maximum absolute atomic E-state index is 13.6. The molecule has 116 valence electrons. The quantitative estimate of drug-likeness (QED) is 0.750. The fourth-order valence-electron chi connectivity index (χ4n) is 3.30. The van der Waals surface area contributed by atoms with Crippen molar-refractivity contribution in [1.29, 1.82) is 0 Å². The van der Waals surface area contributed by atoms with Crippen LogP contribution in [-0.4, -0.2) is 18.7 Å². The maximum Gasteiger partial charge on any atom is 0.142 e. The standard InChI is InChI=1S/C16H20Cl2FNO/c1-10-2-4-16(5-3-10)9-21-15(8-20-16)11-6-14(19)13(18)7-12(11)17/h6-7,10,15,20H,2-5,8-9H2,1H3. The van der Waals surface area contributed by atoms with Crippen molar-refractivity contribution in [3.8, 4) is 0 Å². The van der Waals surface area contributed by atoms with Gasteiger partial charge in [0.1, 0.15) is 5.82 Å². The Morgan fingerprint density at radius 3 is 2.57 bits per heavy atom. The third-order valence-electron chi connectivity index (χ3n) is 4.84. The van der Waals surface area contributed by atoms with E-state index < -0.39 is 5.82 Å². The molecule has 1 spiro atoms. The molecule has 0 amide bonds. The number of rotatable bonds is 1. The highest BCUT2D eigenvalue weighted by molar-refractivity contribution is 6.35. The number of morpholine rings is 1. The summed E-state index contributed by atoms with van der Waals surface area (Å²) in [4.78, 5) is 0. The summed E-state index contributed by atoms with van der Waals surface area (Å²) in [6.45, 7) is 3.62. The first-order valence-electron chi connectivity index (χ1n) is 7.50. The van der Waals surface area contributed by atoms with E-state index in [2.05, 4.69) is 12.2 Å². The molecule has 2 aliphatic rings. The van der Waals surface area contributed by atoms with E-state index in [0.29, 0.717) is 23.7 Å². The normalized spacial score (nSPS) is 33.3. The van der Waals surface area contributed by atoms with E-state index in [1.807, 2.05) is 0 Å². The molecule has 0 aromatic heterocycles. The van der Waals surface area contributed by atoms with Gasteiger partial charge < -0.3 is 10.1 Å². The first-order valence-corrected chi connectivity index (χ1v) is 8.26. The van der Waals surface area contributed by atoms with Crippen molar-refractivity contribution in [1.82, 2.24) is 5.32 Å². The first-order chi connectivity index (χ1) is 9.99. The van der Waals surface area contributed by atoms with E-state index in [1.165, 1.54) is 25.0 Å². The average Bonchev–Trinajstić information content (AvgIpc) is 2.47. The van der Waals surface area contributed by atoms with Gasteiger partial charge in [-0.1, -0.05) is 30.1 Å². The average molecular weight is 332 g/mol. The summed E-state index contributed by atoms with van der Waals surface area (Å²) in [5.74, 6) is 0.349. The molecule has 1 unspecified atom stereocenters. The Morgan fingerprint density at radius 2 is 1.95 bits per heavy atom. The van der Waals surface area contributed by atoms with Gasteiger partial charge in [0, 0.05) is 22.7 Å². The number of nitrogens with one attached hydrogen (secondary N) is 1. The van der Waals surface area contributed by atoms with Crippen LogP contribution in [0.15, 0.2) is 12.1 Å². The number of ether oxygens (including phenoxy) is 1. The van der Waals surface area contributed by atoms with Crippen LogP contribution in [0.3, 0.4) is 0 Å². The fourth-order valence-corrected chi connectivity index (χ4v) is 3.80. The second kappa shape index (κ2) is 6.04. The summed E-state index contributed by atoms with van der Waals surface area (Å²) in [7, 11) is 0. The molecule has 3 rings (SSSR count). The van der Waals surface area contributed by atoms with Crippen LogP contribution in [0.2, 0.25) is 10.0 Å². The molecule has 2 nitrogen and oxygen atoms in total. The van der Waals surface area contributed by atoms with Crippen LogP contribution >= 0.6 is 23.2 Å². The molecule has 1 aromatic carbocycles. The van der Waals surface area contributed by atoms with E-state index in [-0.39, 0.29) is 16.7 Å². The summed E-state index contributed by atoms with van der Waals surface area (Å²) in [6, 6.07) is 2.84. The number of hydrogen-bond donors (Lipinski definition) is 1. The van der Waals surface area contributed by atoms with Gasteiger partial charge in [-0.3, -0.25) is 0 Å². The van der Waals surface area contributed by atoms with Crippen LogP contribution < -0.4 is 5.32 Å². The Bertz CT molecular complexity index is 519. The number of halogens is 3. The molecule has 0 bridgehead atoms. The lowest BCUT2D eigenvalue weighted by Gasteiger charge is -2.45. The van der Waals surface area contributed by atoms with E-state index in [0.717, 1.165) is 18.8 Å². The molecule has 1 heterocycles. The minimum atomic E-state index is -0.452. The summed E-state index contributed by atoms with van der Waals surface area (Å²) in [5.41, 5.74) is 0.769. The molecule has 1 aromatic rings. The number of benzene rings is 1. The van der Waals surface area contributed by atoms with Crippen molar-refractivity contribution in [3.05, 3.63) is 33.6 Å². The molecule has 1 aliphatic heterocycles. The zero-order valence-electron chi connectivity index (χ0n) is 12.1. The second-order valence-electron chi connectivity index (χ2n) is 6.43. The lowest BCUT2D eigenvalue weighted by molar-refractivity contribution is -0.0504. The van der Waals surface area contributed by atoms with Gasteiger partial charge in [0.25, 0.3) is 0 Å². The molecule has 1 aliphatic carbocycles. The number of hydrogen-bond acceptors (Lipinski definition) is 2. The Balaban J connectivity index is 1.70. The van der Waals surface area contributed by atoms with Gasteiger partial charge in [0.05, 0.1) is 17.7 Å². The van der Waals surface area contributed by atoms with Crippen molar-refractivity contribution in [2.45, 2.75) is 44.2 Å². The van der Waals surface area contributed by atoms with Gasteiger partial charge in [0.15, 0.2) is 0 Å². The van der Waals surface area contributed by atoms with Crippen LogP contribution in [0.25, 0.3) is 0 Å². The van der Waals surface area contributed by atoms with E-state index >= 15 is 0 Å². The Morgan fingerprint density at radius 1 is 1.24 bits per heavy atom. The molecular formula is C16H20Cl2FNO. The van der Waals surface area contributed by atoms with Gasteiger partial charge >= 0.3 is 0 Å². The Labute approximate surface area is 135 Å². The van der Waals surface area contributed by atoms with Gasteiger partial charge in [0.2, 0.25) is 0 Å². The summed E-state index contributed by atoms with van der Waals surface area (Å²) in [5, 5.41) is 4.13. The summed E-state index contributed by atoms with van der Waals surface area (Å²) < 4.78 is 19.7. The van der Waals surface area contributed by atoms with E-state index in [1.54, 1.807) is 0 Å². The molecule has 1 atom stereocenters. The lowest BCUT2D eigenvalue weighted by atomic mass is 9.77. The van der Waals surface area contributed by atoms with Gasteiger partial charge in [-0.2, -0.15) is 0 Å². The largest absolute Gasteiger partial charge is 0.370 e. The zero-order chi connectivity index (χ0) is 15.0. The van der Waals surface area contributed by atoms with E-state index in [9.17, 15) is 4.39 Å². The van der Waals surface area contributed by atoms with E-state index in [4.69, 9.17) is 27.9 Å². The van der Waals surface area contributed by atoms with Crippen molar-refractivity contribution >= 4 is 23.2 Å². The molecule has 5 heteroatoms. The van der Waals surface area contributed by atoms with Crippen LogP contribution in [0.1, 0.15) is 44.3 Å². The molecule has 1 saturated heterocycles. The monoisotopic (exact) mass is 331 g/mol. The molecule has 21 heavy (non-hydrogen) atoms. The van der Waals surface area contributed by atoms with Gasteiger partial charge in [-0.05, 0) is 43.7 Å². The highest BCUT2D eigenvalue weighted by Gasteiger charge is 2.39. The van der Waals surface area contributed by atoms with Crippen LogP contribution in [0.5, 0.6) is 0 Å². The van der Waals surface area contributed by atoms with Gasteiger partial charge in [-0.15, -0.1) is 0 Å². The van der Waals surface area contributed by atoms with Crippen molar-refractivity contribution in [3.63, 3.8) is 0 Å². The predicted octanol–water partition coefficient (Wildman–Crippen LogP) is 4.74. The summed E-state index contributed by atoms with van der Waals surface area (Å²) in [6.07, 6.45) is 4.54. The highest BCUT2D eigenvalue weighted by Crippen LogP contribution is 2.38. The van der Waals surface area contributed by atoms with Gasteiger partial charge in [-0.25, -0.2) is 4.39 Å². The van der Waals surface area contributed by atoms with Crippen molar-refractivity contribution < 1.29 is 9.13 Å². The first kappa shape index (κ1) is 15.5. The van der Waals surface area contributed by atoms with Crippen molar-refractivity contribution in [2.75, 3.05) is 13.2 Å². The predicted molar refractivity (Wildman–Crippen MR) is 83.5 cm³/mol. The summed E-state index contributed by atoms with van der Waals surface area (Å²) >= 11 is 11.9. The van der Waals surface area contributed by atoms with Crippen LogP contribution in [-0.2, 0) is 4.74 Å². The molecule has 1 N–H and O–H groups in total. The highest BCUT2D eigenvalue weighted by atomic mass is 35.5. The Kier molecular flexibility index (Phi) is 4.47. The van der Waals surface area contributed by atoms with Crippen LogP contribution in [0.4, 0.5) is 4.39 Å².